The molecule has 8 rings (SSSR count). The molecule has 252 valence electrons. The molecule has 2 unspecified atom stereocenters. The van der Waals surface area contributed by atoms with Crippen LogP contribution in [-0.2, 0) is 9.53 Å². The second kappa shape index (κ2) is 12.2. The lowest BCUT2D eigenvalue weighted by molar-refractivity contribution is -0.132. The van der Waals surface area contributed by atoms with Crippen molar-refractivity contribution in [2.24, 2.45) is 0 Å². The zero-order valence-corrected chi connectivity index (χ0v) is 26.9. The molecule has 2 N–H and O–H groups in total. The number of phenolic OH excluding ortho intramolecular Hbond substituents is 1. The fraction of sp³-hybridized carbons (Fsp3) is 0.405. The Morgan fingerprint density at radius 3 is 2.78 bits per heavy atom. The number of piperidine rings is 1. The summed E-state index contributed by atoms with van der Waals surface area (Å²) in [4.78, 5) is 29.5. The number of aromatic hydroxyl groups is 1. The SMILES string of the molecule is C#Cc1c(F)ccc2cc(O)cc(-c3ncc4c(N5CC6CCC(C5)N6)nc(OC[C@@]56CCC[C@@H](COC=O)N5CC(=C)C6)nc4c3F)c12. The molecule has 49 heavy (non-hydrogen) atoms. The Bertz CT molecular complexity index is 2040. The topological polar surface area (TPSA) is 113 Å². The van der Waals surface area contributed by atoms with Gasteiger partial charge in [-0.3, -0.25) is 14.7 Å². The fourth-order valence-electron chi connectivity index (χ4n) is 8.57. The molecule has 4 aromatic rings. The van der Waals surface area contributed by atoms with E-state index in [2.05, 4.69) is 37.6 Å². The summed E-state index contributed by atoms with van der Waals surface area (Å²) in [6.07, 6.45) is 12.7. The minimum atomic E-state index is -0.763. The van der Waals surface area contributed by atoms with E-state index >= 15 is 4.39 Å². The summed E-state index contributed by atoms with van der Waals surface area (Å²) in [6, 6.07) is 6.12. The lowest BCUT2D eigenvalue weighted by atomic mass is 9.84. The summed E-state index contributed by atoms with van der Waals surface area (Å²) < 4.78 is 43.4. The van der Waals surface area contributed by atoms with Gasteiger partial charge in [0.15, 0.2) is 5.82 Å². The number of fused-ring (bicyclic) bond motifs is 5. The highest BCUT2D eigenvalue weighted by atomic mass is 19.1. The number of hydrogen-bond acceptors (Lipinski definition) is 10. The smallest absolute Gasteiger partial charge is 0.319 e. The number of aromatic nitrogens is 3. The predicted molar refractivity (Wildman–Crippen MR) is 180 cm³/mol. The number of nitrogens with one attached hydrogen (secondary N) is 1. The van der Waals surface area contributed by atoms with E-state index in [1.807, 2.05) is 0 Å². The van der Waals surface area contributed by atoms with Gasteiger partial charge in [-0.2, -0.15) is 9.97 Å². The van der Waals surface area contributed by atoms with Crippen molar-refractivity contribution < 1.29 is 28.2 Å². The summed E-state index contributed by atoms with van der Waals surface area (Å²) >= 11 is 0. The van der Waals surface area contributed by atoms with Crippen molar-refractivity contribution in [1.29, 1.82) is 0 Å². The van der Waals surface area contributed by atoms with E-state index in [1.54, 1.807) is 0 Å². The highest BCUT2D eigenvalue weighted by Gasteiger charge is 2.49. The third-order valence-electron chi connectivity index (χ3n) is 10.6. The van der Waals surface area contributed by atoms with Gasteiger partial charge in [-0.1, -0.05) is 24.1 Å². The molecule has 4 atom stereocenters. The minimum Gasteiger partial charge on any atom is -0.508 e. The molecule has 4 saturated heterocycles. The largest absolute Gasteiger partial charge is 0.508 e. The van der Waals surface area contributed by atoms with Gasteiger partial charge in [0.05, 0.1) is 16.5 Å². The van der Waals surface area contributed by atoms with Gasteiger partial charge in [-0.25, -0.2) is 8.78 Å². The van der Waals surface area contributed by atoms with Crippen LogP contribution in [0.25, 0.3) is 32.9 Å². The van der Waals surface area contributed by atoms with Crippen LogP contribution < -0.4 is 15.0 Å². The molecule has 0 saturated carbocycles. The van der Waals surface area contributed by atoms with Crippen LogP contribution in [-0.4, -0.2) is 87.9 Å². The molecule has 6 heterocycles. The average molecular weight is 667 g/mol. The number of phenols is 1. The van der Waals surface area contributed by atoms with E-state index in [4.69, 9.17) is 20.9 Å². The van der Waals surface area contributed by atoms with E-state index in [9.17, 15) is 14.3 Å². The van der Waals surface area contributed by atoms with Crippen LogP contribution >= 0.6 is 0 Å². The molecule has 0 amide bonds. The number of rotatable bonds is 8. The van der Waals surface area contributed by atoms with Crippen molar-refractivity contribution in [2.75, 3.05) is 37.7 Å². The van der Waals surface area contributed by atoms with Gasteiger partial charge in [0.25, 0.3) is 6.47 Å². The minimum absolute atomic E-state index is 0.00266. The van der Waals surface area contributed by atoms with Crippen LogP contribution in [0.2, 0.25) is 0 Å². The molecule has 2 bridgehead atoms. The summed E-state index contributed by atoms with van der Waals surface area (Å²) in [5, 5.41) is 15.3. The number of pyridine rings is 1. The lowest BCUT2D eigenvalue weighted by Crippen LogP contribution is -2.57. The zero-order valence-electron chi connectivity index (χ0n) is 26.9. The molecule has 0 aliphatic carbocycles. The Hall–Kier alpha value is -4.86. The molecular weight excluding hydrogens is 630 g/mol. The molecule has 4 aliphatic rings. The number of halogens is 2. The first kappa shape index (κ1) is 31.4. The van der Waals surface area contributed by atoms with Crippen molar-refractivity contribution in [3.63, 3.8) is 0 Å². The lowest BCUT2D eigenvalue weighted by Gasteiger charge is -2.46. The van der Waals surface area contributed by atoms with Crippen LogP contribution in [0.3, 0.4) is 0 Å². The number of ether oxygens (including phenoxy) is 2. The van der Waals surface area contributed by atoms with Gasteiger partial charge in [-0.05, 0) is 62.1 Å². The van der Waals surface area contributed by atoms with Crippen molar-refractivity contribution in [3.8, 4) is 35.4 Å². The van der Waals surface area contributed by atoms with Crippen LogP contribution in [0.5, 0.6) is 11.8 Å². The zero-order chi connectivity index (χ0) is 33.9. The van der Waals surface area contributed by atoms with Gasteiger partial charge >= 0.3 is 6.01 Å². The Morgan fingerprint density at radius 1 is 1.18 bits per heavy atom. The Labute approximate surface area is 282 Å². The standard InChI is InChI=1S/C37H36F2N6O4/c1-3-27-30(38)9-6-22-11-26(47)12-28(31(22)27)33-32(39)34-29(14-40-33)35(44-16-23-7-8-24(17-44)41-23)43-36(42-34)49-19-37-10-4-5-25(18-48-20-46)45(37)15-21(2)13-37/h1,6,9,11-12,14,20,23-25,41,47H,2,4-5,7-8,10,13,15-19H2/t23?,24?,25-,37-/m0/s1. The van der Waals surface area contributed by atoms with Crippen LogP contribution in [0.1, 0.15) is 44.1 Å². The first-order chi connectivity index (χ1) is 23.8. The second-order valence-electron chi connectivity index (χ2n) is 13.8. The van der Waals surface area contributed by atoms with Gasteiger partial charge in [0.2, 0.25) is 0 Å². The number of nitrogens with zero attached hydrogens (tertiary/aromatic N) is 5. The number of benzene rings is 2. The number of anilines is 1. The van der Waals surface area contributed by atoms with Crippen LogP contribution in [0, 0.1) is 24.0 Å². The van der Waals surface area contributed by atoms with Crippen molar-refractivity contribution in [1.82, 2.24) is 25.2 Å². The molecule has 0 radical (unpaired) electrons. The molecule has 10 nitrogen and oxygen atoms in total. The summed E-state index contributed by atoms with van der Waals surface area (Å²) in [5.74, 6) is 1.36. The highest BCUT2D eigenvalue weighted by Crippen LogP contribution is 2.44. The summed E-state index contributed by atoms with van der Waals surface area (Å²) in [6.45, 7) is 7.31. The Morgan fingerprint density at radius 2 is 2.00 bits per heavy atom. The van der Waals surface area contributed by atoms with E-state index in [0.29, 0.717) is 49.1 Å². The number of hydrogen-bond donors (Lipinski definition) is 2. The van der Waals surface area contributed by atoms with E-state index in [1.165, 1.54) is 30.5 Å². The maximum atomic E-state index is 16.9. The number of carbonyl (C=O) groups excluding carboxylic acids is 1. The Balaban J connectivity index is 1.24. The van der Waals surface area contributed by atoms with Crippen molar-refractivity contribution in [3.05, 3.63) is 59.8 Å². The van der Waals surface area contributed by atoms with E-state index in [-0.39, 0.29) is 70.8 Å². The van der Waals surface area contributed by atoms with Gasteiger partial charge in [0.1, 0.15) is 41.8 Å². The normalized spacial score (nSPS) is 25.0. The first-order valence-electron chi connectivity index (χ1n) is 16.7. The number of carbonyl (C=O) groups is 1. The molecular formula is C37H36F2N6O4. The monoisotopic (exact) mass is 666 g/mol. The van der Waals surface area contributed by atoms with Crippen LogP contribution in [0.4, 0.5) is 14.6 Å². The molecule has 0 spiro atoms. The maximum absolute atomic E-state index is 16.9. The van der Waals surface area contributed by atoms with Gasteiger partial charge in [0, 0.05) is 54.9 Å². The van der Waals surface area contributed by atoms with E-state index in [0.717, 1.165) is 37.7 Å². The summed E-state index contributed by atoms with van der Waals surface area (Å²) in [7, 11) is 0. The highest BCUT2D eigenvalue weighted by molar-refractivity contribution is 6.03. The third kappa shape index (κ3) is 5.41. The third-order valence-corrected chi connectivity index (χ3v) is 10.6. The second-order valence-corrected chi connectivity index (χ2v) is 13.8. The van der Waals surface area contributed by atoms with Crippen LogP contribution in [0.15, 0.2) is 42.6 Å². The first-order valence-corrected chi connectivity index (χ1v) is 16.7. The number of piperazine rings is 1. The Kier molecular flexibility index (Phi) is 7.84. The van der Waals surface area contributed by atoms with Gasteiger partial charge < -0.3 is 24.8 Å². The van der Waals surface area contributed by atoms with E-state index < -0.39 is 17.2 Å². The fourth-order valence-corrected chi connectivity index (χ4v) is 8.57. The quantitative estimate of drug-likeness (QED) is 0.154. The molecule has 2 aromatic carbocycles. The molecule has 12 heteroatoms. The molecule has 4 fully saturated rings. The average Bonchev–Trinajstić information content (AvgIpc) is 3.63. The van der Waals surface area contributed by atoms with Crippen molar-refractivity contribution >= 4 is 34.0 Å². The molecule has 4 aliphatic heterocycles. The number of terminal acetylenes is 1. The van der Waals surface area contributed by atoms with Gasteiger partial charge in [-0.15, -0.1) is 6.42 Å². The molecule has 2 aromatic heterocycles. The maximum Gasteiger partial charge on any atom is 0.319 e. The summed E-state index contributed by atoms with van der Waals surface area (Å²) in [5.41, 5.74) is 0.640. The van der Waals surface area contributed by atoms with Crippen molar-refractivity contribution in [2.45, 2.75) is 62.2 Å². The predicted octanol–water partition coefficient (Wildman–Crippen LogP) is 4.86.